The highest BCUT2D eigenvalue weighted by Gasteiger charge is 2.35. The van der Waals surface area contributed by atoms with Crippen molar-refractivity contribution in [2.75, 3.05) is 34.5 Å². The zero-order chi connectivity index (χ0) is 20.0. The Labute approximate surface area is 154 Å². The molecular weight excluding hydrogens is 360 g/mol. The van der Waals surface area contributed by atoms with E-state index in [0.717, 1.165) is 12.0 Å². The number of benzene rings is 1. The van der Waals surface area contributed by atoms with Gasteiger partial charge in [-0.05, 0) is 23.8 Å². The average Bonchev–Trinajstić information content (AvgIpc) is 2.93. The van der Waals surface area contributed by atoms with Gasteiger partial charge in [-0.15, -0.1) is 0 Å². The lowest BCUT2D eigenvalue weighted by Gasteiger charge is -2.10. The predicted octanol–water partition coefficient (Wildman–Crippen LogP) is 0.313. The fourth-order valence-corrected chi connectivity index (χ4v) is 2.16. The lowest BCUT2D eigenvalue weighted by atomic mass is 10.1. The van der Waals surface area contributed by atoms with Crippen LogP contribution in [0.1, 0.15) is 5.56 Å². The second kappa shape index (κ2) is 8.70. The first-order valence-corrected chi connectivity index (χ1v) is 7.68. The number of hydrogen-bond donors (Lipinski definition) is 1. The topological polar surface area (TPSA) is 120 Å². The molecule has 1 fully saturated rings. The first kappa shape index (κ1) is 19.8. The molecule has 0 unspecified atom stereocenters. The van der Waals surface area contributed by atoms with E-state index >= 15 is 0 Å². The molecule has 1 aliphatic heterocycles. The Kier molecular flexibility index (Phi) is 6.36. The Morgan fingerprint density at radius 1 is 1.07 bits per heavy atom. The zero-order valence-electron chi connectivity index (χ0n) is 14.9. The summed E-state index contributed by atoms with van der Waals surface area (Å²) in [5.74, 6) is -1.30. The second-order valence-electron chi connectivity index (χ2n) is 5.23. The van der Waals surface area contributed by atoms with Crippen LogP contribution in [-0.4, -0.2) is 63.3 Å². The first-order chi connectivity index (χ1) is 12.9. The summed E-state index contributed by atoms with van der Waals surface area (Å²) in [5, 5.41) is 2.39. The van der Waals surface area contributed by atoms with Crippen LogP contribution in [0.4, 0.5) is 4.79 Å². The Morgan fingerprint density at radius 3 is 2.41 bits per heavy atom. The quantitative estimate of drug-likeness (QED) is 0.409. The molecule has 1 saturated heterocycles. The Balaban J connectivity index is 2.18. The molecule has 2 rings (SSSR count). The van der Waals surface area contributed by atoms with Gasteiger partial charge in [0.05, 0.1) is 21.3 Å². The Morgan fingerprint density at radius 2 is 1.78 bits per heavy atom. The summed E-state index contributed by atoms with van der Waals surface area (Å²) in [6, 6.07) is 3.98. The van der Waals surface area contributed by atoms with Gasteiger partial charge in [-0.1, -0.05) is 6.07 Å². The van der Waals surface area contributed by atoms with Gasteiger partial charge in [0.25, 0.3) is 5.91 Å². The highest BCUT2D eigenvalue weighted by Crippen LogP contribution is 2.29. The minimum atomic E-state index is -0.721. The number of rotatable bonds is 7. The lowest BCUT2D eigenvalue weighted by molar-refractivity contribution is -0.143. The molecule has 0 radical (unpaired) electrons. The minimum Gasteiger partial charge on any atom is -0.493 e. The largest absolute Gasteiger partial charge is 0.493 e. The van der Waals surface area contributed by atoms with E-state index in [1.165, 1.54) is 20.3 Å². The monoisotopic (exact) mass is 378 g/mol. The number of ether oxygens (including phenoxy) is 4. The summed E-state index contributed by atoms with van der Waals surface area (Å²) < 4.78 is 19.5. The van der Waals surface area contributed by atoms with Crippen LogP contribution < -0.4 is 14.8 Å². The van der Waals surface area contributed by atoms with Crippen LogP contribution in [0.5, 0.6) is 11.5 Å². The van der Waals surface area contributed by atoms with Crippen molar-refractivity contribution in [3.63, 3.8) is 0 Å². The van der Waals surface area contributed by atoms with Crippen LogP contribution in [0.3, 0.4) is 0 Å². The van der Waals surface area contributed by atoms with Crippen LogP contribution in [0.25, 0.3) is 6.08 Å². The van der Waals surface area contributed by atoms with Gasteiger partial charge in [0.1, 0.15) is 12.2 Å². The van der Waals surface area contributed by atoms with E-state index in [9.17, 15) is 19.2 Å². The number of carbonyl (C=O) groups is 4. The SMILES string of the molecule is COC(=O)COc1ccc(/C=C2/NC(=O)N(CC(=O)OC)C2=O)cc1OC. The van der Waals surface area contributed by atoms with Gasteiger partial charge < -0.3 is 24.3 Å². The van der Waals surface area contributed by atoms with Crippen molar-refractivity contribution in [2.45, 2.75) is 0 Å². The van der Waals surface area contributed by atoms with Crippen molar-refractivity contribution in [3.05, 3.63) is 29.5 Å². The van der Waals surface area contributed by atoms with Crippen molar-refractivity contribution in [3.8, 4) is 11.5 Å². The van der Waals surface area contributed by atoms with Crippen molar-refractivity contribution < 1.29 is 38.1 Å². The molecule has 1 N–H and O–H groups in total. The third kappa shape index (κ3) is 4.75. The lowest BCUT2D eigenvalue weighted by Crippen LogP contribution is -2.36. The van der Waals surface area contributed by atoms with E-state index in [2.05, 4.69) is 14.8 Å². The molecule has 0 spiro atoms. The number of imide groups is 1. The van der Waals surface area contributed by atoms with Crippen LogP contribution >= 0.6 is 0 Å². The van der Waals surface area contributed by atoms with E-state index in [1.54, 1.807) is 18.2 Å². The molecule has 0 aliphatic carbocycles. The molecule has 0 bridgehead atoms. The molecule has 1 heterocycles. The molecule has 0 aromatic heterocycles. The molecule has 1 aromatic carbocycles. The Hall–Kier alpha value is -3.56. The number of carbonyl (C=O) groups excluding carboxylic acids is 4. The normalized spacial score (nSPS) is 14.8. The van der Waals surface area contributed by atoms with Gasteiger partial charge >= 0.3 is 18.0 Å². The van der Waals surface area contributed by atoms with Crippen LogP contribution in [0.2, 0.25) is 0 Å². The fraction of sp³-hybridized carbons (Fsp3) is 0.294. The van der Waals surface area contributed by atoms with Crippen molar-refractivity contribution in [2.24, 2.45) is 0 Å². The Bertz CT molecular complexity index is 802. The number of nitrogens with zero attached hydrogens (tertiary/aromatic N) is 1. The van der Waals surface area contributed by atoms with E-state index in [0.29, 0.717) is 17.1 Å². The molecule has 0 saturated carbocycles. The van der Waals surface area contributed by atoms with Gasteiger partial charge in [-0.3, -0.25) is 9.59 Å². The number of hydrogen-bond acceptors (Lipinski definition) is 8. The van der Waals surface area contributed by atoms with E-state index in [-0.39, 0.29) is 12.3 Å². The van der Waals surface area contributed by atoms with Crippen molar-refractivity contribution >= 4 is 30.0 Å². The third-order valence-corrected chi connectivity index (χ3v) is 3.55. The second-order valence-corrected chi connectivity index (χ2v) is 5.23. The molecule has 27 heavy (non-hydrogen) atoms. The average molecular weight is 378 g/mol. The molecule has 10 heteroatoms. The maximum atomic E-state index is 12.3. The first-order valence-electron chi connectivity index (χ1n) is 7.68. The smallest absolute Gasteiger partial charge is 0.343 e. The predicted molar refractivity (Wildman–Crippen MR) is 90.7 cm³/mol. The van der Waals surface area contributed by atoms with Gasteiger partial charge in [0.2, 0.25) is 0 Å². The molecule has 1 aliphatic rings. The summed E-state index contributed by atoms with van der Waals surface area (Å²) in [6.07, 6.45) is 1.42. The number of methoxy groups -OCH3 is 3. The summed E-state index contributed by atoms with van der Waals surface area (Å²) in [6.45, 7) is -0.771. The number of urea groups is 1. The van der Waals surface area contributed by atoms with E-state index in [4.69, 9.17) is 9.47 Å². The van der Waals surface area contributed by atoms with Gasteiger partial charge in [-0.2, -0.15) is 0 Å². The zero-order valence-corrected chi connectivity index (χ0v) is 14.9. The summed E-state index contributed by atoms with van der Waals surface area (Å²) in [5.41, 5.74) is 0.523. The standard InChI is InChI=1S/C17H18N2O8/c1-24-13-7-10(4-5-12(13)27-9-15(21)26-3)6-11-16(22)19(17(23)18-11)8-14(20)25-2/h4-7H,8-9H2,1-3H3,(H,18,23)/b11-6+. The number of nitrogens with one attached hydrogen (secondary N) is 1. The van der Waals surface area contributed by atoms with Crippen molar-refractivity contribution in [1.29, 1.82) is 0 Å². The summed E-state index contributed by atoms with van der Waals surface area (Å²) in [4.78, 5) is 47.3. The molecule has 1 aromatic rings. The fourth-order valence-electron chi connectivity index (χ4n) is 2.16. The van der Waals surface area contributed by atoms with Crippen molar-refractivity contribution in [1.82, 2.24) is 10.2 Å². The van der Waals surface area contributed by atoms with Gasteiger partial charge in [-0.25, -0.2) is 14.5 Å². The molecule has 144 valence electrons. The molecule has 10 nitrogen and oxygen atoms in total. The summed E-state index contributed by atoms with van der Waals surface area (Å²) in [7, 11) is 3.82. The maximum absolute atomic E-state index is 12.3. The van der Waals surface area contributed by atoms with Crippen LogP contribution in [0, 0.1) is 0 Å². The molecular formula is C17H18N2O8. The highest BCUT2D eigenvalue weighted by molar-refractivity contribution is 6.15. The van der Waals surface area contributed by atoms with Crippen LogP contribution in [0.15, 0.2) is 23.9 Å². The van der Waals surface area contributed by atoms with Gasteiger partial charge in [0.15, 0.2) is 18.1 Å². The van der Waals surface area contributed by atoms with Gasteiger partial charge in [0, 0.05) is 0 Å². The highest BCUT2D eigenvalue weighted by atomic mass is 16.6. The number of amides is 3. The number of esters is 2. The van der Waals surface area contributed by atoms with E-state index in [1.807, 2.05) is 0 Å². The van der Waals surface area contributed by atoms with Crippen LogP contribution in [-0.2, 0) is 23.9 Å². The third-order valence-electron chi connectivity index (χ3n) is 3.55. The molecule has 3 amide bonds. The minimum absolute atomic E-state index is 0.00538. The molecule has 0 atom stereocenters. The van der Waals surface area contributed by atoms with E-state index < -0.39 is 30.4 Å². The summed E-state index contributed by atoms with van der Waals surface area (Å²) >= 11 is 0. The maximum Gasteiger partial charge on any atom is 0.343 e.